The average molecular weight is 285 g/mol. The summed E-state index contributed by atoms with van der Waals surface area (Å²) in [6, 6.07) is 12.0. The van der Waals surface area contributed by atoms with Crippen LogP contribution in [0.4, 0.5) is 0 Å². The van der Waals surface area contributed by atoms with Crippen LogP contribution in [0.3, 0.4) is 0 Å². The van der Waals surface area contributed by atoms with Crippen LogP contribution in [0.5, 0.6) is 5.75 Å². The quantitative estimate of drug-likeness (QED) is 0.757. The summed E-state index contributed by atoms with van der Waals surface area (Å²) < 4.78 is 5.81. The lowest BCUT2D eigenvalue weighted by Gasteiger charge is -2.17. The van der Waals surface area contributed by atoms with Crippen LogP contribution in [0, 0.1) is 0 Å². The van der Waals surface area contributed by atoms with Crippen molar-refractivity contribution in [3.05, 3.63) is 59.9 Å². The van der Waals surface area contributed by atoms with Gasteiger partial charge in [-0.15, -0.1) is 0 Å². The zero-order chi connectivity index (χ0) is 14.9. The summed E-state index contributed by atoms with van der Waals surface area (Å²) >= 11 is 0. The maximum absolute atomic E-state index is 5.81. The summed E-state index contributed by atoms with van der Waals surface area (Å²) in [5, 5.41) is 0. The highest BCUT2D eigenvalue weighted by atomic mass is 16.5. The molecule has 0 amide bonds. The van der Waals surface area contributed by atoms with Crippen LogP contribution in [0.1, 0.15) is 17.5 Å². The predicted molar refractivity (Wildman–Crippen MR) is 85.0 cm³/mol. The van der Waals surface area contributed by atoms with E-state index in [-0.39, 0.29) is 0 Å². The van der Waals surface area contributed by atoms with Crippen molar-refractivity contribution in [2.75, 3.05) is 20.2 Å². The van der Waals surface area contributed by atoms with E-state index in [0.717, 1.165) is 30.8 Å². The van der Waals surface area contributed by atoms with E-state index in [1.54, 1.807) is 0 Å². The maximum Gasteiger partial charge on any atom is 0.123 e. The highest BCUT2D eigenvalue weighted by Gasteiger charge is 2.02. The van der Waals surface area contributed by atoms with Crippen molar-refractivity contribution >= 4 is 0 Å². The third kappa shape index (κ3) is 5.17. The van der Waals surface area contributed by atoms with Crippen LogP contribution in [0.15, 0.2) is 48.8 Å². The van der Waals surface area contributed by atoms with E-state index in [4.69, 9.17) is 10.5 Å². The van der Waals surface area contributed by atoms with Gasteiger partial charge in [-0.1, -0.05) is 18.2 Å². The van der Waals surface area contributed by atoms with Crippen molar-refractivity contribution < 1.29 is 4.74 Å². The van der Waals surface area contributed by atoms with E-state index in [9.17, 15) is 0 Å². The Bertz CT molecular complexity index is 531. The third-order valence-corrected chi connectivity index (χ3v) is 3.34. The number of hydrogen-bond acceptors (Lipinski definition) is 4. The fourth-order valence-electron chi connectivity index (χ4n) is 2.21. The molecule has 0 aliphatic rings. The lowest BCUT2D eigenvalue weighted by Crippen LogP contribution is -2.20. The summed E-state index contributed by atoms with van der Waals surface area (Å²) in [6.07, 6.45) is 4.65. The fraction of sp³-hybridized carbons (Fsp3) is 0.353. The molecule has 21 heavy (non-hydrogen) atoms. The number of benzene rings is 1. The first kappa shape index (κ1) is 15.5. The molecule has 0 radical (unpaired) electrons. The van der Waals surface area contributed by atoms with Gasteiger partial charge < -0.3 is 15.4 Å². The van der Waals surface area contributed by atoms with Crippen LogP contribution >= 0.6 is 0 Å². The number of para-hydroxylation sites is 1. The van der Waals surface area contributed by atoms with Crippen LogP contribution in [-0.4, -0.2) is 30.1 Å². The van der Waals surface area contributed by atoms with Crippen LogP contribution in [-0.2, 0) is 13.1 Å². The first-order valence-electron chi connectivity index (χ1n) is 7.28. The van der Waals surface area contributed by atoms with Crippen LogP contribution < -0.4 is 10.5 Å². The Hall–Kier alpha value is -1.91. The molecule has 0 saturated heterocycles. The standard InChI is InChI=1S/C17H23N3O/c1-20(14-15-7-9-19-10-8-15)11-4-12-21-17-6-3-2-5-16(17)13-18/h2-3,5-10H,4,11-14,18H2,1H3. The van der Waals surface area contributed by atoms with Gasteiger partial charge in [-0.25, -0.2) is 0 Å². The molecular weight excluding hydrogens is 262 g/mol. The molecule has 1 heterocycles. The lowest BCUT2D eigenvalue weighted by atomic mass is 10.2. The second kappa shape index (κ2) is 8.39. The molecule has 4 heteroatoms. The summed E-state index contributed by atoms with van der Waals surface area (Å²) in [6.45, 7) is 3.14. The van der Waals surface area contributed by atoms with E-state index < -0.39 is 0 Å². The van der Waals surface area contributed by atoms with Gasteiger partial charge in [0.05, 0.1) is 6.61 Å². The first-order chi connectivity index (χ1) is 10.3. The van der Waals surface area contributed by atoms with E-state index in [2.05, 4.69) is 16.9 Å². The number of aromatic nitrogens is 1. The lowest BCUT2D eigenvalue weighted by molar-refractivity contribution is 0.257. The summed E-state index contributed by atoms with van der Waals surface area (Å²) in [5.41, 5.74) is 8.03. The molecule has 2 rings (SSSR count). The molecule has 0 aliphatic heterocycles. The molecule has 0 aliphatic carbocycles. The molecule has 2 aromatic rings. The molecule has 0 atom stereocenters. The minimum absolute atomic E-state index is 0.512. The highest BCUT2D eigenvalue weighted by Crippen LogP contribution is 2.17. The number of pyridine rings is 1. The van der Waals surface area contributed by atoms with Crippen molar-refractivity contribution in [1.29, 1.82) is 0 Å². The molecule has 112 valence electrons. The SMILES string of the molecule is CN(CCCOc1ccccc1CN)Cc1ccncc1. The number of nitrogens with two attached hydrogens (primary N) is 1. The van der Waals surface area contributed by atoms with E-state index >= 15 is 0 Å². The average Bonchev–Trinajstić information content (AvgIpc) is 2.53. The van der Waals surface area contributed by atoms with Gasteiger partial charge in [-0.3, -0.25) is 4.98 Å². The second-order valence-electron chi connectivity index (χ2n) is 5.11. The third-order valence-electron chi connectivity index (χ3n) is 3.34. The monoisotopic (exact) mass is 285 g/mol. The molecule has 0 spiro atoms. The number of hydrogen-bond donors (Lipinski definition) is 1. The van der Waals surface area contributed by atoms with Gasteiger partial charge in [-0.05, 0) is 37.2 Å². The Labute approximate surface area is 126 Å². The van der Waals surface area contributed by atoms with Gasteiger partial charge >= 0.3 is 0 Å². The van der Waals surface area contributed by atoms with Crippen molar-refractivity contribution in [2.24, 2.45) is 5.73 Å². The van der Waals surface area contributed by atoms with Gasteiger partial charge in [0, 0.05) is 37.6 Å². The van der Waals surface area contributed by atoms with Crippen LogP contribution in [0.25, 0.3) is 0 Å². The minimum Gasteiger partial charge on any atom is -0.493 e. The Morgan fingerprint density at radius 3 is 2.67 bits per heavy atom. The topological polar surface area (TPSA) is 51.4 Å². The van der Waals surface area contributed by atoms with Gasteiger partial charge in [0.1, 0.15) is 5.75 Å². The van der Waals surface area contributed by atoms with Crippen molar-refractivity contribution in [3.8, 4) is 5.75 Å². The molecule has 4 nitrogen and oxygen atoms in total. The van der Waals surface area contributed by atoms with E-state index in [1.165, 1.54) is 5.56 Å². The Morgan fingerprint density at radius 2 is 1.90 bits per heavy atom. The Kier molecular flexibility index (Phi) is 6.19. The number of rotatable bonds is 8. The molecule has 0 saturated carbocycles. The number of nitrogens with zero attached hydrogens (tertiary/aromatic N) is 2. The maximum atomic E-state index is 5.81. The molecule has 0 bridgehead atoms. The molecule has 2 N–H and O–H groups in total. The normalized spacial score (nSPS) is 10.8. The summed E-state index contributed by atoms with van der Waals surface area (Å²) in [7, 11) is 2.12. The van der Waals surface area contributed by atoms with Gasteiger partial charge in [0.25, 0.3) is 0 Å². The molecular formula is C17H23N3O. The zero-order valence-corrected chi connectivity index (χ0v) is 12.5. The van der Waals surface area contributed by atoms with Gasteiger partial charge in [0.2, 0.25) is 0 Å². The van der Waals surface area contributed by atoms with Gasteiger partial charge in [0.15, 0.2) is 0 Å². The zero-order valence-electron chi connectivity index (χ0n) is 12.5. The Morgan fingerprint density at radius 1 is 1.14 bits per heavy atom. The van der Waals surface area contributed by atoms with Crippen molar-refractivity contribution in [1.82, 2.24) is 9.88 Å². The molecule has 0 unspecified atom stereocenters. The highest BCUT2D eigenvalue weighted by molar-refractivity contribution is 5.32. The fourth-order valence-corrected chi connectivity index (χ4v) is 2.21. The summed E-state index contributed by atoms with van der Waals surface area (Å²) in [4.78, 5) is 6.31. The van der Waals surface area contributed by atoms with Crippen molar-refractivity contribution in [2.45, 2.75) is 19.5 Å². The second-order valence-corrected chi connectivity index (χ2v) is 5.11. The van der Waals surface area contributed by atoms with E-state index in [0.29, 0.717) is 13.2 Å². The largest absolute Gasteiger partial charge is 0.493 e. The molecule has 1 aromatic carbocycles. The first-order valence-corrected chi connectivity index (χ1v) is 7.28. The summed E-state index contributed by atoms with van der Waals surface area (Å²) in [5.74, 6) is 0.900. The van der Waals surface area contributed by atoms with Crippen LogP contribution in [0.2, 0.25) is 0 Å². The van der Waals surface area contributed by atoms with Crippen molar-refractivity contribution in [3.63, 3.8) is 0 Å². The minimum atomic E-state index is 0.512. The Balaban J connectivity index is 1.70. The molecule has 0 fully saturated rings. The predicted octanol–water partition coefficient (Wildman–Crippen LogP) is 2.44. The number of ether oxygens (including phenoxy) is 1. The molecule has 1 aromatic heterocycles. The van der Waals surface area contributed by atoms with E-state index in [1.807, 2.05) is 48.8 Å². The smallest absolute Gasteiger partial charge is 0.123 e. The van der Waals surface area contributed by atoms with Gasteiger partial charge in [-0.2, -0.15) is 0 Å².